The molecule has 0 unspecified atom stereocenters. The second kappa shape index (κ2) is 9.50. The number of carbonyl (C=O) groups excluding carboxylic acids is 1. The molecule has 3 aromatic rings. The minimum absolute atomic E-state index is 0.0552. The predicted octanol–water partition coefficient (Wildman–Crippen LogP) is 3.66. The van der Waals surface area contributed by atoms with Gasteiger partial charge < -0.3 is 4.42 Å². The fraction of sp³-hybridized carbons (Fsp3) is 0.136. The summed E-state index contributed by atoms with van der Waals surface area (Å²) in [5, 5.41) is 10.3. The van der Waals surface area contributed by atoms with E-state index in [1.807, 2.05) is 31.2 Å². The maximum Gasteiger partial charge on any atom is 0.322 e. The summed E-state index contributed by atoms with van der Waals surface area (Å²) in [6.07, 6.45) is 3.00. The molecule has 1 aromatic heterocycles. The molecule has 0 saturated carbocycles. The van der Waals surface area contributed by atoms with Gasteiger partial charge in [-0.25, -0.2) is 8.42 Å². The van der Waals surface area contributed by atoms with E-state index in [0.717, 1.165) is 11.1 Å². The molecule has 8 nitrogen and oxygen atoms in total. The molecule has 0 aliphatic carbocycles. The van der Waals surface area contributed by atoms with Gasteiger partial charge in [0.1, 0.15) is 0 Å². The van der Waals surface area contributed by atoms with Gasteiger partial charge >= 0.3 is 6.01 Å². The van der Waals surface area contributed by atoms with E-state index in [4.69, 9.17) is 4.42 Å². The van der Waals surface area contributed by atoms with Crippen LogP contribution in [0.1, 0.15) is 15.9 Å². The van der Waals surface area contributed by atoms with Crippen molar-refractivity contribution in [3.8, 4) is 11.5 Å². The van der Waals surface area contributed by atoms with Crippen molar-refractivity contribution >= 4 is 21.9 Å². The minimum Gasteiger partial charge on any atom is -0.403 e. The third-order valence-corrected chi connectivity index (χ3v) is 6.21. The molecule has 0 fully saturated rings. The SMILES string of the molecule is C=CCN(CC=C)S(=O)(=O)c1ccc(C(=O)Nc2nnc(-c3ccc(C)cc3)o2)cc1. The van der Waals surface area contributed by atoms with Crippen molar-refractivity contribution < 1.29 is 17.6 Å². The highest BCUT2D eigenvalue weighted by Crippen LogP contribution is 2.21. The lowest BCUT2D eigenvalue weighted by atomic mass is 10.1. The molecule has 0 bridgehead atoms. The Morgan fingerprint density at radius 3 is 2.23 bits per heavy atom. The molecule has 0 spiro atoms. The van der Waals surface area contributed by atoms with Gasteiger partial charge in [0.15, 0.2) is 0 Å². The van der Waals surface area contributed by atoms with Crippen LogP contribution < -0.4 is 5.32 Å². The van der Waals surface area contributed by atoms with Crippen molar-refractivity contribution in [2.75, 3.05) is 18.4 Å². The molecule has 0 aliphatic rings. The summed E-state index contributed by atoms with van der Waals surface area (Å²) in [4.78, 5) is 12.5. The smallest absolute Gasteiger partial charge is 0.322 e. The molecule has 9 heteroatoms. The van der Waals surface area contributed by atoms with E-state index in [1.165, 1.54) is 40.7 Å². The molecular weight excluding hydrogens is 416 g/mol. The van der Waals surface area contributed by atoms with Gasteiger partial charge in [-0.15, -0.1) is 18.3 Å². The van der Waals surface area contributed by atoms with E-state index in [0.29, 0.717) is 0 Å². The van der Waals surface area contributed by atoms with Crippen LogP contribution in [0.25, 0.3) is 11.5 Å². The van der Waals surface area contributed by atoms with Crippen molar-refractivity contribution in [2.24, 2.45) is 0 Å². The van der Waals surface area contributed by atoms with Crippen LogP contribution in [0.2, 0.25) is 0 Å². The highest BCUT2D eigenvalue weighted by atomic mass is 32.2. The van der Waals surface area contributed by atoms with Crippen LogP contribution in [-0.2, 0) is 10.0 Å². The van der Waals surface area contributed by atoms with E-state index in [2.05, 4.69) is 28.7 Å². The number of carbonyl (C=O) groups is 1. The number of hydrogen-bond acceptors (Lipinski definition) is 6. The van der Waals surface area contributed by atoms with E-state index in [-0.39, 0.29) is 35.5 Å². The Bertz CT molecular complexity index is 1170. The summed E-state index contributed by atoms with van der Waals surface area (Å²) >= 11 is 0. The topological polar surface area (TPSA) is 105 Å². The van der Waals surface area contributed by atoms with Gasteiger partial charge in [0.2, 0.25) is 15.9 Å². The van der Waals surface area contributed by atoms with Crippen LogP contribution in [0.4, 0.5) is 6.01 Å². The summed E-state index contributed by atoms with van der Waals surface area (Å²) in [5.41, 5.74) is 2.07. The quantitative estimate of drug-likeness (QED) is 0.511. The van der Waals surface area contributed by atoms with E-state index in [1.54, 1.807) is 0 Å². The first-order valence-corrected chi connectivity index (χ1v) is 10.8. The lowest BCUT2D eigenvalue weighted by Crippen LogP contribution is -2.31. The number of anilines is 1. The molecule has 0 saturated heterocycles. The van der Waals surface area contributed by atoms with Gasteiger partial charge in [-0.05, 0) is 43.3 Å². The van der Waals surface area contributed by atoms with Crippen LogP contribution in [0.3, 0.4) is 0 Å². The number of rotatable bonds is 9. The Morgan fingerprint density at radius 1 is 1.03 bits per heavy atom. The first-order valence-electron chi connectivity index (χ1n) is 9.39. The average molecular weight is 439 g/mol. The Labute approximate surface area is 181 Å². The Morgan fingerprint density at radius 2 is 1.65 bits per heavy atom. The normalized spacial score (nSPS) is 11.3. The van der Waals surface area contributed by atoms with Crippen molar-refractivity contribution in [1.82, 2.24) is 14.5 Å². The number of hydrogen-bond donors (Lipinski definition) is 1. The van der Waals surface area contributed by atoms with Crippen LogP contribution >= 0.6 is 0 Å². The van der Waals surface area contributed by atoms with Crippen molar-refractivity contribution in [3.05, 3.63) is 85.0 Å². The van der Waals surface area contributed by atoms with Crippen LogP contribution in [-0.4, -0.2) is 41.9 Å². The minimum atomic E-state index is -3.74. The Hall–Kier alpha value is -3.56. The molecule has 0 aliphatic heterocycles. The maximum atomic E-state index is 12.7. The summed E-state index contributed by atoms with van der Waals surface area (Å²) in [7, 11) is -3.74. The molecule has 3 rings (SSSR count). The fourth-order valence-electron chi connectivity index (χ4n) is 2.74. The largest absolute Gasteiger partial charge is 0.403 e. The Balaban J connectivity index is 1.73. The number of nitrogens with one attached hydrogen (secondary N) is 1. The molecule has 0 radical (unpaired) electrons. The molecule has 31 heavy (non-hydrogen) atoms. The Kier molecular flexibility index (Phi) is 6.78. The number of nitrogens with zero attached hydrogens (tertiary/aromatic N) is 3. The second-order valence-electron chi connectivity index (χ2n) is 6.66. The summed E-state index contributed by atoms with van der Waals surface area (Å²) < 4.78 is 32.2. The number of amides is 1. The van der Waals surface area contributed by atoms with E-state index in [9.17, 15) is 13.2 Å². The van der Waals surface area contributed by atoms with Gasteiger partial charge in [-0.2, -0.15) is 4.31 Å². The highest BCUT2D eigenvalue weighted by Gasteiger charge is 2.23. The zero-order valence-electron chi connectivity index (χ0n) is 17.0. The van der Waals surface area contributed by atoms with Gasteiger partial charge in [0.05, 0.1) is 4.90 Å². The van der Waals surface area contributed by atoms with Crippen LogP contribution in [0.5, 0.6) is 0 Å². The van der Waals surface area contributed by atoms with E-state index < -0.39 is 15.9 Å². The zero-order valence-corrected chi connectivity index (χ0v) is 17.8. The predicted molar refractivity (Wildman–Crippen MR) is 118 cm³/mol. The summed E-state index contributed by atoms with van der Waals surface area (Å²) in [5.74, 6) is -0.224. The number of sulfonamides is 1. The number of benzene rings is 2. The number of aryl methyl sites for hydroxylation is 1. The van der Waals surface area contributed by atoms with Crippen LogP contribution in [0.15, 0.2) is 83.2 Å². The van der Waals surface area contributed by atoms with Gasteiger partial charge in [-0.3, -0.25) is 10.1 Å². The van der Waals surface area contributed by atoms with Crippen molar-refractivity contribution in [3.63, 3.8) is 0 Å². The van der Waals surface area contributed by atoms with Crippen molar-refractivity contribution in [1.29, 1.82) is 0 Å². The third-order valence-electron chi connectivity index (χ3n) is 4.36. The molecule has 1 N–H and O–H groups in total. The second-order valence-corrected chi connectivity index (χ2v) is 8.59. The first-order chi connectivity index (χ1) is 14.8. The molecule has 0 atom stereocenters. The molecule has 2 aromatic carbocycles. The lowest BCUT2D eigenvalue weighted by Gasteiger charge is -2.19. The molecule has 160 valence electrons. The van der Waals surface area contributed by atoms with Gasteiger partial charge in [0.25, 0.3) is 5.91 Å². The highest BCUT2D eigenvalue weighted by molar-refractivity contribution is 7.89. The fourth-order valence-corrected chi connectivity index (χ4v) is 4.12. The summed E-state index contributed by atoms with van der Waals surface area (Å²) in [6.45, 7) is 9.43. The first kappa shape index (κ1) is 22.1. The zero-order chi connectivity index (χ0) is 22.4. The van der Waals surface area contributed by atoms with Gasteiger partial charge in [-0.1, -0.05) is 34.9 Å². The van der Waals surface area contributed by atoms with Gasteiger partial charge in [0, 0.05) is 24.2 Å². The molecular formula is C22H22N4O4S. The standard InChI is InChI=1S/C22H22N4O4S/c1-4-14-26(15-5-2)31(28,29)19-12-10-17(11-13-19)20(27)23-22-25-24-21(30-22)18-8-6-16(3)7-9-18/h4-13H,1-2,14-15H2,3H3,(H,23,25,27). The summed E-state index contributed by atoms with van der Waals surface area (Å²) in [6, 6.07) is 13.0. The van der Waals surface area contributed by atoms with E-state index >= 15 is 0 Å². The maximum absolute atomic E-state index is 12.7. The molecule has 1 amide bonds. The lowest BCUT2D eigenvalue weighted by molar-refractivity contribution is 0.102. The third kappa shape index (κ3) is 5.14. The molecule has 1 heterocycles. The van der Waals surface area contributed by atoms with Crippen molar-refractivity contribution in [2.45, 2.75) is 11.8 Å². The monoisotopic (exact) mass is 438 g/mol. The van der Waals surface area contributed by atoms with Crippen LogP contribution in [0, 0.1) is 6.92 Å². The average Bonchev–Trinajstić information content (AvgIpc) is 3.22. The number of aromatic nitrogens is 2.